The van der Waals surface area contributed by atoms with Crippen LogP contribution in [0.3, 0.4) is 0 Å². The summed E-state index contributed by atoms with van der Waals surface area (Å²) in [6.07, 6.45) is 2.38. The van der Waals surface area contributed by atoms with E-state index in [2.05, 4.69) is 10.6 Å². The van der Waals surface area contributed by atoms with E-state index in [1.807, 2.05) is 54.6 Å². The molecule has 0 bridgehead atoms. The molecule has 0 fully saturated rings. The van der Waals surface area contributed by atoms with Crippen LogP contribution in [0.4, 0.5) is 17.1 Å². The fourth-order valence-corrected chi connectivity index (χ4v) is 4.42. The molecular formula is C29H31N3O4. The van der Waals surface area contributed by atoms with Crippen molar-refractivity contribution < 1.29 is 19.4 Å². The Morgan fingerprint density at radius 1 is 0.944 bits per heavy atom. The van der Waals surface area contributed by atoms with Crippen LogP contribution in [0.15, 0.2) is 60.7 Å². The molecular weight excluding hydrogens is 454 g/mol. The van der Waals surface area contributed by atoms with Gasteiger partial charge in [0.2, 0.25) is 5.91 Å². The predicted octanol–water partition coefficient (Wildman–Crippen LogP) is 5.86. The molecule has 3 N–H and O–H groups in total. The van der Waals surface area contributed by atoms with E-state index >= 15 is 0 Å². The minimum atomic E-state index is -0.205. The van der Waals surface area contributed by atoms with E-state index in [1.54, 1.807) is 13.0 Å². The molecule has 1 amide bonds. The summed E-state index contributed by atoms with van der Waals surface area (Å²) in [6.45, 7) is 3.47. The Hall–Kier alpha value is -3.97. The van der Waals surface area contributed by atoms with Gasteiger partial charge in [0, 0.05) is 35.5 Å². The van der Waals surface area contributed by atoms with Gasteiger partial charge in [-0.15, -0.1) is 0 Å². The number of anilines is 3. The smallest absolute Gasteiger partial charge is 0.305 e. The lowest BCUT2D eigenvalue weighted by molar-refractivity contribution is -0.143. The molecule has 0 saturated heterocycles. The first kappa shape index (κ1) is 25.1. The molecule has 7 heteroatoms. The van der Waals surface area contributed by atoms with Crippen molar-refractivity contribution in [3.05, 3.63) is 71.8 Å². The number of rotatable bonds is 10. The van der Waals surface area contributed by atoms with Crippen LogP contribution in [0.5, 0.6) is 0 Å². The van der Waals surface area contributed by atoms with Crippen molar-refractivity contribution in [2.75, 3.05) is 17.2 Å². The monoisotopic (exact) mass is 485 g/mol. The summed E-state index contributed by atoms with van der Waals surface area (Å²) >= 11 is 0. The summed E-state index contributed by atoms with van der Waals surface area (Å²) in [6, 6.07) is 19.6. The Morgan fingerprint density at radius 2 is 1.58 bits per heavy atom. The number of pyridine rings is 1. The molecule has 0 aliphatic rings. The average molecular weight is 486 g/mol. The number of hydrogen-bond donors (Lipinski definition) is 3. The van der Waals surface area contributed by atoms with E-state index in [-0.39, 0.29) is 18.5 Å². The molecule has 0 aliphatic heterocycles. The minimum absolute atomic E-state index is 0.164. The number of amides is 1. The van der Waals surface area contributed by atoms with Crippen LogP contribution in [-0.4, -0.2) is 28.6 Å². The number of benzene rings is 3. The topological polar surface area (TPSA) is 101 Å². The number of carbonyl (C=O) groups is 2. The largest absolute Gasteiger partial charge is 0.466 e. The average Bonchev–Trinajstić information content (AvgIpc) is 2.87. The molecule has 0 radical (unpaired) electrons. The molecule has 0 atom stereocenters. The number of aliphatic hydroxyl groups excluding tert-OH is 1. The molecule has 36 heavy (non-hydrogen) atoms. The Kier molecular flexibility index (Phi) is 8.13. The van der Waals surface area contributed by atoms with E-state index < -0.39 is 0 Å². The van der Waals surface area contributed by atoms with Gasteiger partial charge in [0.25, 0.3) is 0 Å². The molecule has 4 aromatic rings. The molecule has 3 aromatic carbocycles. The van der Waals surface area contributed by atoms with Crippen LogP contribution in [0.2, 0.25) is 0 Å². The van der Waals surface area contributed by atoms with E-state index in [0.29, 0.717) is 37.1 Å². The van der Waals surface area contributed by atoms with Crippen LogP contribution < -0.4 is 10.6 Å². The highest BCUT2D eigenvalue weighted by atomic mass is 16.5. The second kappa shape index (κ2) is 11.6. The minimum Gasteiger partial charge on any atom is -0.466 e. The van der Waals surface area contributed by atoms with Gasteiger partial charge in [-0.05, 0) is 61.6 Å². The van der Waals surface area contributed by atoms with Crippen LogP contribution in [-0.2, 0) is 27.4 Å². The van der Waals surface area contributed by atoms with Gasteiger partial charge in [0.15, 0.2) is 0 Å². The number of carbonyl (C=O) groups excluding carboxylic acids is 2. The van der Waals surface area contributed by atoms with E-state index in [4.69, 9.17) is 9.72 Å². The molecule has 0 spiro atoms. The van der Waals surface area contributed by atoms with Crippen LogP contribution in [0.1, 0.15) is 44.2 Å². The first-order chi connectivity index (χ1) is 17.5. The number of nitrogens with zero attached hydrogens (tertiary/aromatic N) is 1. The Bertz CT molecular complexity index is 1350. The summed E-state index contributed by atoms with van der Waals surface area (Å²) in [7, 11) is 0. The maximum absolute atomic E-state index is 12.0. The van der Waals surface area contributed by atoms with Gasteiger partial charge >= 0.3 is 5.97 Å². The number of fused-ring (bicyclic) bond motifs is 2. The quantitative estimate of drug-likeness (QED) is 0.148. The maximum Gasteiger partial charge on any atom is 0.305 e. The first-order valence-corrected chi connectivity index (χ1v) is 12.2. The normalized spacial score (nSPS) is 11.0. The number of aromatic nitrogens is 1. The number of unbranched alkanes of at least 4 members (excludes halogenated alkanes) is 1. The van der Waals surface area contributed by atoms with E-state index in [1.165, 1.54) is 6.92 Å². The summed E-state index contributed by atoms with van der Waals surface area (Å²) in [5, 5.41) is 18.4. The van der Waals surface area contributed by atoms with Gasteiger partial charge in [0.05, 0.1) is 29.9 Å². The molecule has 186 valence electrons. The number of esters is 1. The second-order valence-electron chi connectivity index (χ2n) is 8.67. The van der Waals surface area contributed by atoms with E-state index in [9.17, 15) is 14.7 Å². The van der Waals surface area contributed by atoms with Gasteiger partial charge in [0.1, 0.15) is 0 Å². The highest BCUT2D eigenvalue weighted by Crippen LogP contribution is 2.37. The van der Waals surface area contributed by atoms with Gasteiger partial charge < -0.3 is 20.5 Å². The predicted molar refractivity (Wildman–Crippen MR) is 143 cm³/mol. The van der Waals surface area contributed by atoms with Crippen molar-refractivity contribution in [2.45, 2.75) is 46.1 Å². The Labute approximate surface area is 210 Å². The zero-order chi connectivity index (χ0) is 25.5. The number of para-hydroxylation sites is 2. The summed E-state index contributed by atoms with van der Waals surface area (Å²) < 4.78 is 5.04. The molecule has 4 rings (SSSR count). The third kappa shape index (κ3) is 5.80. The highest BCUT2D eigenvalue weighted by molar-refractivity contribution is 6.09. The Morgan fingerprint density at radius 3 is 2.19 bits per heavy atom. The zero-order valence-corrected chi connectivity index (χ0v) is 20.6. The van der Waals surface area contributed by atoms with Crippen LogP contribution >= 0.6 is 0 Å². The molecule has 1 aromatic heterocycles. The van der Waals surface area contributed by atoms with Gasteiger partial charge in [-0.3, -0.25) is 9.59 Å². The van der Waals surface area contributed by atoms with Gasteiger partial charge in [-0.2, -0.15) is 0 Å². The van der Waals surface area contributed by atoms with Crippen molar-refractivity contribution in [2.24, 2.45) is 0 Å². The molecule has 1 heterocycles. The van der Waals surface area contributed by atoms with Crippen LogP contribution in [0.25, 0.3) is 21.8 Å². The number of hydrogen-bond acceptors (Lipinski definition) is 6. The third-order valence-electron chi connectivity index (χ3n) is 6.01. The number of nitrogens with one attached hydrogen (secondary N) is 2. The first-order valence-electron chi connectivity index (χ1n) is 12.2. The Balaban J connectivity index is 1.77. The van der Waals surface area contributed by atoms with Crippen molar-refractivity contribution in [1.29, 1.82) is 0 Å². The lowest BCUT2D eigenvalue weighted by Crippen LogP contribution is -2.11. The maximum atomic E-state index is 12.0. The standard InChI is InChI=1S/C29H31N3O4/c1-3-36-28(35)15-9-6-10-21-26(30-19(2)34)16-20(18-33)17-27(21)32-29-22-11-4-7-13-24(22)31-25-14-8-5-12-23(25)29/h4-5,7-8,11-14,16-17,33H,3,6,9-10,15,18H2,1-2H3,(H,30,34)(H,31,32). The highest BCUT2D eigenvalue weighted by Gasteiger charge is 2.16. The zero-order valence-electron chi connectivity index (χ0n) is 20.6. The molecule has 0 aliphatic carbocycles. The lowest BCUT2D eigenvalue weighted by Gasteiger charge is -2.20. The second-order valence-corrected chi connectivity index (χ2v) is 8.67. The van der Waals surface area contributed by atoms with Gasteiger partial charge in [-0.1, -0.05) is 36.4 Å². The summed E-state index contributed by atoms with van der Waals surface area (Å²) in [4.78, 5) is 28.6. The van der Waals surface area contributed by atoms with Crippen LogP contribution in [0, 0.1) is 0 Å². The fraction of sp³-hybridized carbons (Fsp3) is 0.276. The number of ether oxygens (including phenoxy) is 1. The lowest BCUT2D eigenvalue weighted by atomic mass is 9.99. The van der Waals surface area contributed by atoms with Gasteiger partial charge in [-0.25, -0.2) is 4.98 Å². The van der Waals surface area contributed by atoms with Crippen molar-refractivity contribution in [3.63, 3.8) is 0 Å². The summed E-state index contributed by atoms with van der Waals surface area (Å²) in [5.74, 6) is -0.396. The van der Waals surface area contributed by atoms with Crippen molar-refractivity contribution >= 4 is 50.7 Å². The van der Waals surface area contributed by atoms with E-state index in [0.717, 1.165) is 45.2 Å². The number of aliphatic hydroxyl groups is 1. The van der Waals surface area contributed by atoms with Crippen molar-refractivity contribution in [3.8, 4) is 0 Å². The molecule has 0 unspecified atom stereocenters. The molecule has 7 nitrogen and oxygen atoms in total. The summed E-state index contributed by atoms with van der Waals surface area (Å²) in [5.41, 5.74) is 5.69. The molecule has 0 saturated carbocycles. The fourth-order valence-electron chi connectivity index (χ4n) is 4.42. The van der Waals surface area contributed by atoms with Crippen molar-refractivity contribution in [1.82, 2.24) is 4.98 Å². The SMILES string of the molecule is CCOC(=O)CCCCc1c(NC(C)=O)cc(CO)cc1Nc1c2ccccc2nc2ccccc12. The third-order valence-corrected chi connectivity index (χ3v) is 6.01.